The first-order valence-electron chi connectivity index (χ1n) is 7.10. The second kappa shape index (κ2) is 9.93. The van der Waals surface area contributed by atoms with Gasteiger partial charge in [-0.3, -0.25) is 4.90 Å². The molecule has 1 fully saturated rings. The maximum absolute atomic E-state index is 9.04. The average Bonchev–Trinajstić information content (AvgIpc) is 2.91. The molecule has 0 atom stereocenters. The van der Waals surface area contributed by atoms with Crippen LogP contribution in [0, 0.1) is 6.92 Å². The molecule has 0 bridgehead atoms. The van der Waals surface area contributed by atoms with E-state index in [1.807, 2.05) is 13.0 Å². The van der Waals surface area contributed by atoms with Crippen molar-refractivity contribution in [1.29, 1.82) is 0 Å². The molecule has 22 heavy (non-hydrogen) atoms. The number of carbonyl (C=O) groups is 2. The number of hydrogen-bond acceptors (Lipinski definition) is 6. The number of nitrogens with zero attached hydrogens (tertiary/aromatic N) is 1. The Kier molecular flexibility index (Phi) is 8.19. The van der Waals surface area contributed by atoms with Gasteiger partial charge < -0.3 is 29.5 Å². The number of carboxylic acid groups (broad SMARTS) is 2. The quantitative estimate of drug-likeness (QED) is 0.467. The largest absolute Gasteiger partial charge is 0.539 e. The van der Waals surface area contributed by atoms with Gasteiger partial charge in [-0.15, -0.1) is 0 Å². The number of carbonyl (C=O) groups excluding carboxylic acids is 1. The summed E-state index contributed by atoms with van der Waals surface area (Å²) in [6.45, 7) is 9.12. The summed E-state index contributed by atoms with van der Waals surface area (Å²) >= 11 is 0. The molecule has 0 unspecified atom stereocenters. The van der Waals surface area contributed by atoms with Crippen molar-refractivity contribution in [1.82, 2.24) is 4.90 Å². The number of carboxylic acids is 2. The molecule has 0 aromatic carbocycles. The van der Waals surface area contributed by atoms with Crippen molar-refractivity contribution in [2.75, 3.05) is 39.4 Å². The summed E-state index contributed by atoms with van der Waals surface area (Å²) in [5.74, 6) is -1.94. The summed E-state index contributed by atoms with van der Waals surface area (Å²) in [5, 5.41) is 18.6. The molecule has 0 aliphatic carbocycles. The third kappa shape index (κ3) is 7.77. The van der Waals surface area contributed by atoms with Gasteiger partial charge in [0.05, 0.1) is 19.8 Å². The smallest absolute Gasteiger partial charge is 0.351 e. The van der Waals surface area contributed by atoms with E-state index in [0.29, 0.717) is 0 Å². The van der Waals surface area contributed by atoms with Crippen molar-refractivity contribution >= 4 is 11.9 Å². The van der Waals surface area contributed by atoms with E-state index in [0.717, 1.165) is 57.5 Å². The van der Waals surface area contributed by atoms with Crippen LogP contribution in [-0.2, 0) is 20.9 Å². The van der Waals surface area contributed by atoms with Crippen LogP contribution < -0.4 is 10.4 Å². The molecule has 1 saturated heterocycles. The highest BCUT2D eigenvalue weighted by molar-refractivity contribution is 6.26. The lowest BCUT2D eigenvalue weighted by Crippen LogP contribution is -2.84. The number of morpholine rings is 1. The maximum Gasteiger partial charge on any atom is 0.351 e. The van der Waals surface area contributed by atoms with Crippen molar-refractivity contribution in [2.24, 2.45) is 0 Å². The van der Waals surface area contributed by atoms with E-state index in [-0.39, 0.29) is 0 Å². The zero-order valence-electron chi connectivity index (χ0n) is 12.6. The van der Waals surface area contributed by atoms with Crippen molar-refractivity contribution in [3.63, 3.8) is 0 Å². The second-order valence-corrected chi connectivity index (χ2v) is 4.84. The van der Waals surface area contributed by atoms with E-state index in [1.165, 1.54) is 0 Å². The molecule has 1 aromatic rings. The molecule has 0 spiro atoms. The summed E-state index contributed by atoms with van der Waals surface area (Å²) in [6, 6.07) is 4.08. The van der Waals surface area contributed by atoms with Crippen LogP contribution in [0.3, 0.4) is 0 Å². The number of ether oxygens (including phenoxy) is 1. The van der Waals surface area contributed by atoms with Gasteiger partial charge in [-0.2, -0.15) is 0 Å². The number of rotatable bonds is 5. The third-order valence-electron chi connectivity index (χ3n) is 3.07. The van der Waals surface area contributed by atoms with Gasteiger partial charge >= 0.3 is 5.97 Å². The Morgan fingerprint density at radius 3 is 2.50 bits per heavy atom. The van der Waals surface area contributed by atoms with E-state index >= 15 is 0 Å². The Morgan fingerprint density at radius 2 is 2.00 bits per heavy atom. The molecule has 0 amide bonds. The van der Waals surface area contributed by atoms with Gasteiger partial charge in [0.1, 0.15) is 12.3 Å². The number of aliphatic carboxylic acids is 2. The standard InChI is InChI=1S/C12H20N2O2.C2H2O4/c1-11-2-3-12(16-11)10-13-4-5-14-6-8-15-9-7-14;3-1(4)2(5)6/h2-3,13H,4-10H2,1H3;(H,3,4)(H,5,6). The number of aryl methyl sites for hydroxylation is 1. The Hall–Kier alpha value is -1.90. The molecule has 1 aromatic heterocycles. The molecule has 0 radical (unpaired) electrons. The Bertz CT molecular complexity index is 456. The topological polar surface area (TPSA) is 120 Å². The Morgan fingerprint density at radius 1 is 1.36 bits per heavy atom. The van der Waals surface area contributed by atoms with Gasteiger partial charge in [0.25, 0.3) is 0 Å². The molecule has 2 rings (SSSR count). The van der Waals surface area contributed by atoms with Gasteiger partial charge in [0.2, 0.25) is 0 Å². The lowest BCUT2D eigenvalue weighted by atomic mass is 10.4. The number of hydrogen-bond donors (Lipinski definition) is 2. The van der Waals surface area contributed by atoms with Crippen LogP contribution in [0.25, 0.3) is 0 Å². The van der Waals surface area contributed by atoms with Crippen LogP contribution in [0.5, 0.6) is 0 Å². The molecule has 124 valence electrons. The van der Waals surface area contributed by atoms with Crippen molar-refractivity contribution < 1.29 is 34.3 Å². The van der Waals surface area contributed by atoms with Crippen LogP contribution in [0.15, 0.2) is 16.5 Å². The van der Waals surface area contributed by atoms with Crippen molar-refractivity contribution in [3.05, 3.63) is 23.7 Å². The fourth-order valence-corrected chi connectivity index (χ4v) is 1.94. The lowest BCUT2D eigenvalue weighted by molar-refractivity contribution is -0.672. The summed E-state index contributed by atoms with van der Waals surface area (Å²) in [5.41, 5.74) is 0. The predicted octanol–water partition coefficient (Wildman–Crippen LogP) is -2.20. The molecule has 3 N–H and O–H groups in total. The SMILES string of the molecule is Cc1ccc(C[NH2+]CCN2CCOCC2)o1.O=C([O-])C(=O)O. The minimum Gasteiger partial charge on any atom is -0.539 e. The molecular weight excluding hydrogens is 292 g/mol. The third-order valence-corrected chi connectivity index (χ3v) is 3.07. The minimum absolute atomic E-state index is 0.886. The summed E-state index contributed by atoms with van der Waals surface area (Å²) < 4.78 is 10.8. The normalized spacial score (nSPS) is 15.0. The minimum atomic E-state index is -2.07. The van der Waals surface area contributed by atoms with E-state index in [4.69, 9.17) is 29.0 Å². The van der Waals surface area contributed by atoms with Gasteiger partial charge in [0, 0.05) is 19.6 Å². The van der Waals surface area contributed by atoms with Crippen LogP contribution in [-0.4, -0.2) is 61.3 Å². The Labute approximate surface area is 128 Å². The fourth-order valence-electron chi connectivity index (χ4n) is 1.94. The lowest BCUT2D eigenvalue weighted by Gasteiger charge is -2.25. The van der Waals surface area contributed by atoms with Gasteiger partial charge in [-0.05, 0) is 19.1 Å². The van der Waals surface area contributed by atoms with Crippen LogP contribution >= 0.6 is 0 Å². The first-order valence-corrected chi connectivity index (χ1v) is 7.10. The van der Waals surface area contributed by atoms with Crippen molar-refractivity contribution in [3.8, 4) is 0 Å². The first-order chi connectivity index (χ1) is 10.5. The summed E-state index contributed by atoms with van der Waals surface area (Å²) in [4.78, 5) is 20.5. The molecule has 8 nitrogen and oxygen atoms in total. The molecule has 0 saturated carbocycles. The van der Waals surface area contributed by atoms with Crippen LogP contribution in [0.1, 0.15) is 11.5 Å². The van der Waals surface area contributed by atoms with Gasteiger partial charge in [-0.1, -0.05) is 0 Å². The first kappa shape index (κ1) is 18.1. The zero-order chi connectivity index (χ0) is 16.4. The van der Waals surface area contributed by atoms with E-state index in [1.54, 1.807) is 0 Å². The summed E-state index contributed by atoms with van der Waals surface area (Å²) in [7, 11) is 0. The predicted molar refractivity (Wildman–Crippen MR) is 73.8 cm³/mol. The molecule has 1 aliphatic heterocycles. The van der Waals surface area contributed by atoms with E-state index < -0.39 is 11.9 Å². The maximum atomic E-state index is 9.04. The second-order valence-electron chi connectivity index (χ2n) is 4.84. The molecule has 8 heteroatoms. The van der Waals surface area contributed by atoms with Crippen molar-refractivity contribution in [2.45, 2.75) is 13.5 Å². The van der Waals surface area contributed by atoms with Gasteiger partial charge in [-0.25, -0.2) is 4.79 Å². The highest BCUT2D eigenvalue weighted by Gasteiger charge is 2.10. The Balaban J connectivity index is 0.000000346. The molecule has 2 heterocycles. The molecular formula is C14H22N2O6. The van der Waals surface area contributed by atoms with E-state index in [2.05, 4.69) is 16.3 Å². The molecule has 1 aliphatic rings. The zero-order valence-corrected chi connectivity index (χ0v) is 12.6. The number of quaternary nitrogens is 1. The van der Waals surface area contributed by atoms with Crippen LogP contribution in [0.4, 0.5) is 0 Å². The number of nitrogens with two attached hydrogens (primary N) is 1. The highest BCUT2D eigenvalue weighted by Crippen LogP contribution is 2.03. The van der Waals surface area contributed by atoms with Gasteiger partial charge in [0.15, 0.2) is 11.7 Å². The van der Waals surface area contributed by atoms with E-state index in [9.17, 15) is 0 Å². The summed E-state index contributed by atoms with van der Waals surface area (Å²) in [6.07, 6.45) is 0. The average molecular weight is 314 g/mol. The monoisotopic (exact) mass is 314 g/mol. The fraction of sp³-hybridized carbons (Fsp3) is 0.571. The highest BCUT2D eigenvalue weighted by atomic mass is 16.5. The number of furan rings is 1. The van der Waals surface area contributed by atoms with Crippen LogP contribution in [0.2, 0.25) is 0 Å².